The fourth-order valence-electron chi connectivity index (χ4n) is 3.11. The van der Waals surface area contributed by atoms with Gasteiger partial charge in [0.2, 0.25) is 0 Å². The molecule has 1 amide bonds. The second-order valence-corrected chi connectivity index (χ2v) is 6.49. The monoisotopic (exact) mass is 357 g/mol. The number of aryl methyl sites for hydroxylation is 1. The van der Waals surface area contributed by atoms with Gasteiger partial charge in [-0.2, -0.15) is 5.10 Å². The number of hydrogen-bond acceptors (Lipinski definition) is 4. The summed E-state index contributed by atoms with van der Waals surface area (Å²) in [6.45, 7) is 3.23. The predicted molar refractivity (Wildman–Crippen MR) is 95.4 cm³/mol. The van der Waals surface area contributed by atoms with Gasteiger partial charge in [-0.25, -0.2) is 4.68 Å². The summed E-state index contributed by atoms with van der Waals surface area (Å²) in [6, 6.07) is 7.78. The molecule has 1 aromatic carbocycles. The molecule has 1 fully saturated rings. The molecule has 1 aliphatic rings. The Hall–Kier alpha value is -2.67. The molecule has 0 aliphatic carbocycles. The highest BCUT2D eigenvalue weighted by Crippen LogP contribution is 2.17. The lowest BCUT2D eigenvalue weighted by Gasteiger charge is -2.24. The summed E-state index contributed by atoms with van der Waals surface area (Å²) in [5.41, 5.74) is 2.40. The van der Waals surface area contributed by atoms with Crippen LogP contribution in [0, 0.1) is 6.92 Å². The Morgan fingerprint density at radius 2 is 2.19 bits per heavy atom. The van der Waals surface area contributed by atoms with Gasteiger partial charge >= 0.3 is 5.97 Å². The second-order valence-electron chi connectivity index (χ2n) is 6.49. The van der Waals surface area contributed by atoms with Crippen LogP contribution < -0.4 is 0 Å². The number of hydrogen-bond donors (Lipinski definition) is 1. The summed E-state index contributed by atoms with van der Waals surface area (Å²) in [5.74, 6) is -1.15. The topological polar surface area (TPSA) is 84.7 Å². The van der Waals surface area contributed by atoms with Gasteiger partial charge in [0.25, 0.3) is 5.91 Å². The second kappa shape index (κ2) is 8.14. The smallest absolute Gasteiger partial charge is 0.305 e. The number of para-hydroxylation sites is 1. The minimum absolute atomic E-state index is 0.0286. The van der Waals surface area contributed by atoms with Crippen molar-refractivity contribution in [2.24, 2.45) is 0 Å². The normalized spacial score (nSPS) is 16.6. The number of carboxylic acids is 1. The lowest BCUT2D eigenvalue weighted by molar-refractivity contribution is -0.137. The lowest BCUT2D eigenvalue weighted by Crippen LogP contribution is -2.38. The van der Waals surface area contributed by atoms with E-state index in [2.05, 4.69) is 5.10 Å². The van der Waals surface area contributed by atoms with Gasteiger partial charge in [0.05, 0.1) is 30.0 Å². The van der Waals surface area contributed by atoms with Crippen molar-refractivity contribution in [2.75, 3.05) is 19.7 Å². The molecule has 138 valence electrons. The van der Waals surface area contributed by atoms with Crippen LogP contribution in [0.3, 0.4) is 0 Å². The van der Waals surface area contributed by atoms with Crippen molar-refractivity contribution in [3.8, 4) is 5.69 Å². The van der Waals surface area contributed by atoms with Crippen LogP contribution >= 0.6 is 0 Å². The third-order valence-corrected chi connectivity index (χ3v) is 4.52. The molecule has 1 saturated heterocycles. The largest absolute Gasteiger partial charge is 0.481 e. The zero-order chi connectivity index (χ0) is 18.5. The number of rotatable bonds is 7. The standard InChI is InChI=1S/C19H23N3O4/c1-14-5-2-3-7-17(14)22-12-15(11-20-22)19(25)21(9-8-18(23)24)13-16-6-4-10-26-16/h2-3,5,7,11-12,16H,4,6,8-10,13H2,1H3,(H,23,24)/t16-/m1/s1. The molecule has 2 aromatic rings. The number of amides is 1. The molecule has 26 heavy (non-hydrogen) atoms. The van der Waals surface area contributed by atoms with Crippen LogP contribution in [0.15, 0.2) is 36.7 Å². The zero-order valence-electron chi connectivity index (χ0n) is 14.8. The van der Waals surface area contributed by atoms with Crippen LogP contribution in [-0.2, 0) is 9.53 Å². The Morgan fingerprint density at radius 3 is 2.88 bits per heavy atom. The van der Waals surface area contributed by atoms with E-state index >= 15 is 0 Å². The van der Waals surface area contributed by atoms with E-state index in [9.17, 15) is 9.59 Å². The molecule has 1 N–H and O–H groups in total. The van der Waals surface area contributed by atoms with Gasteiger partial charge < -0.3 is 14.7 Å². The first kappa shape index (κ1) is 18.1. The van der Waals surface area contributed by atoms with E-state index in [0.717, 1.165) is 24.1 Å². The molecule has 1 aromatic heterocycles. The van der Waals surface area contributed by atoms with E-state index in [4.69, 9.17) is 9.84 Å². The first-order chi connectivity index (χ1) is 12.5. The molecule has 2 heterocycles. The molecule has 1 atom stereocenters. The minimum atomic E-state index is -0.925. The molecule has 0 unspecified atom stereocenters. The number of carbonyl (C=O) groups is 2. The van der Waals surface area contributed by atoms with Crippen LogP contribution in [0.4, 0.5) is 0 Å². The van der Waals surface area contributed by atoms with Gasteiger partial charge in [-0.15, -0.1) is 0 Å². The molecule has 0 bridgehead atoms. The molecular formula is C19H23N3O4. The molecule has 7 nitrogen and oxygen atoms in total. The first-order valence-electron chi connectivity index (χ1n) is 8.78. The first-order valence-corrected chi connectivity index (χ1v) is 8.78. The third kappa shape index (κ3) is 4.29. The Morgan fingerprint density at radius 1 is 1.38 bits per heavy atom. The van der Waals surface area contributed by atoms with Crippen molar-refractivity contribution < 1.29 is 19.4 Å². The quantitative estimate of drug-likeness (QED) is 0.822. The van der Waals surface area contributed by atoms with Gasteiger partial charge in [-0.3, -0.25) is 9.59 Å². The molecule has 7 heteroatoms. The van der Waals surface area contributed by atoms with Gasteiger partial charge in [-0.1, -0.05) is 18.2 Å². The number of benzene rings is 1. The summed E-state index contributed by atoms with van der Waals surface area (Å²) in [5, 5.41) is 13.3. The van der Waals surface area contributed by atoms with E-state index in [1.807, 2.05) is 31.2 Å². The van der Waals surface area contributed by atoms with E-state index < -0.39 is 5.97 Å². The Bertz CT molecular complexity index is 781. The van der Waals surface area contributed by atoms with Gasteiger partial charge in [0, 0.05) is 25.9 Å². The summed E-state index contributed by atoms with van der Waals surface area (Å²) in [4.78, 5) is 25.4. The fourth-order valence-corrected chi connectivity index (χ4v) is 3.11. The highest BCUT2D eigenvalue weighted by Gasteiger charge is 2.25. The van der Waals surface area contributed by atoms with E-state index in [0.29, 0.717) is 18.7 Å². The predicted octanol–water partition coefficient (Wildman–Crippen LogP) is 2.28. The van der Waals surface area contributed by atoms with Crippen LogP contribution in [0.2, 0.25) is 0 Å². The number of nitrogens with zero attached hydrogens (tertiary/aromatic N) is 3. The molecule has 1 aliphatic heterocycles. The van der Waals surface area contributed by atoms with Crippen molar-refractivity contribution in [1.82, 2.24) is 14.7 Å². The van der Waals surface area contributed by atoms with Crippen LogP contribution in [0.1, 0.15) is 35.2 Å². The van der Waals surface area contributed by atoms with Gasteiger partial charge in [-0.05, 0) is 31.4 Å². The molecule has 3 rings (SSSR count). The number of carboxylic acid groups (broad SMARTS) is 1. The summed E-state index contributed by atoms with van der Waals surface area (Å²) >= 11 is 0. The fraction of sp³-hybridized carbons (Fsp3) is 0.421. The van der Waals surface area contributed by atoms with Gasteiger partial charge in [0.15, 0.2) is 0 Å². The molecule has 0 spiro atoms. The van der Waals surface area contributed by atoms with Crippen molar-refractivity contribution in [3.05, 3.63) is 47.8 Å². The maximum absolute atomic E-state index is 12.9. The SMILES string of the molecule is Cc1ccccc1-n1cc(C(=O)N(CCC(=O)O)C[C@H]2CCCO2)cn1. The van der Waals surface area contributed by atoms with Crippen LogP contribution in [0.25, 0.3) is 5.69 Å². The number of aliphatic carboxylic acids is 1. The van der Waals surface area contributed by atoms with Crippen molar-refractivity contribution >= 4 is 11.9 Å². The van der Waals surface area contributed by atoms with Gasteiger partial charge in [0.1, 0.15) is 0 Å². The molecule has 0 saturated carbocycles. The number of ether oxygens (including phenoxy) is 1. The zero-order valence-corrected chi connectivity index (χ0v) is 14.8. The number of aromatic nitrogens is 2. The Kier molecular flexibility index (Phi) is 5.68. The third-order valence-electron chi connectivity index (χ3n) is 4.52. The molecular weight excluding hydrogens is 334 g/mol. The van der Waals surface area contributed by atoms with Crippen molar-refractivity contribution in [2.45, 2.75) is 32.3 Å². The highest BCUT2D eigenvalue weighted by atomic mass is 16.5. The summed E-state index contributed by atoms with van der Waals surface area (Å²) in [6.07, 6.45) is 4.95. The maximum atomic E-state index is 12.9. The number of carbonyl (C=O) groups excluding carboxylic acids is 1. The van der Waals surface area contributed by atoms with Crippen LogP contribution in [-0.4, -0.2) is 57.5 Å². The lowest BCUT2D eigenvalue weighted by atomic mass is 10.2. The van der Waals surface area contributed by atoms with E-state index in [1.54, 1.807) is 15.8 Å². The van der Waals surface area contributed by atoms with Crippen LogP contribution in [0.5, 0.6) is 0 Å². The van der Waals surface area contributed by atoms with Crippen molar-refractivity contribution in [3.63, 3.8) is 0 Å². The summed E-state index contributed by atoms with van der Waals surface area (Å²) < 4.78 is 7.28. The van der Waals surface area contributed by atoms with E-state index in [-0.39, 0.29) is 25.0 Å². The highest BCUT2D eigenvalue weighted by molar-refractivity contribution is 5.94. The maximum Gasteiger partial charge on any atom is 0.305 e. The Balaban J connectivity index is 1.77. The molecule has 0 radical (unpaired) electrons. The van der Waals surface area contributed by atoms with E-state index in [1.165, 1.54) is 6.20 Å². The van der Waals surface area contributed by atoms with Crippen molar-refractivity contribution in [1.29, 1.82) is 0 Å². The summed E-state index contributed by atoms with van der Waals surface area (Å²) in [7, 11) is 0. The average Bonchev–Trinajstić information content (AvgIpc) is 3.30. The Labute approximate surface area is 152 Å². The minimum Gasteiger partial charge on any atom is -0.481 e. The average molecular weight is 357 g/mol.